The van der Waals surface area contributed by atoms with Gasteiger partial charge in [-0.1, -0.05) is 29.8 Å². The van der Waals surface area contributed by atoms with Gasteiger partial charge in [0.2, 0.25) is 0 Å². The van der Waals surface area contributed by atoms with Crippen molar-refractivity contribution in [2.24, 2.45) is 5.84 Å². The first-order valence-corrected chi connectivity index (χ1v) is 4.44. The number of hydrazine groups is 1. The van der Waals surface area contributed by atoms with Gasteiger partial charge < -0.3 is 4.74 Å². The van der Waals surface area contributed by atoms with Gasteiger partial charge in [-0.05, 0) is 13.0 Å². The van der Waals surface area contributed by atoms with Crippen molar-refractivity contribution in [3.8, 4) is 0 Å². The molecule has 1 rings (SSSR count). The lowest BCUT2D eigenvalue weighted by Gasteiger charge is -2.13. The zero-order chi connectivity index (χ0) is 10.6. The number of ether oxygens (including phenoxy) is 1. The molecule has 76 valence electrons. The summed E-state index contributed by atoms with van der Waals surface area (Å²) < 4.78 is 4.91. The molecule has 0 saturated carbocycles. The first-order valence-electron chi connectivity index (χ1n) is 4.06. The summed E-state index contributed by atoms with van der Waals surface area (Å²) in [5.74, 6) is 4.88. The number of nitrogens with two attached hydrogens (primary N) is 1. The van der Waals surface area contributed by atoms with E-state index in [0.29, 0.717) is 5.02 Å². The first kappa shape index (κ1) is 10.8. The van der Waals surface area contributed by atoms with E-state index in [9.17, 15) is 4.79 Å². The number of carbonyl (C=O) groups excluding carboxylic acids is 1. The number of rotatable bonds is 2. The highest BCUT2D eigenvalue weighted by Crippen LogP contribution is 2.24. The largest absolute Gasteiger partial charge is 0.441 e. The lowest BCUT2D eigenvalue weighted by Crippen LogP contribution is -2.31. The topological polar surface area (TPSA) is 64.3 Å². The normalized spacial score (nSPS) is 11.9. The van der Waals surface area contributed by atoms with Crippen LogP contribution in [0.3, 0.4) is 0 Å². The third-order valence-electron chi connectivity index (χ3n) is 1.74. The van der Waals surface area contributed by atoms with Gasteiger partial charge >= 0.3 is 6.09 Å². The van der Waals surface area contributed by atoms with Gasteiger partial charge in [-0.2, -0.15) is 0 Å². The van der Waals surface area contributed by atoms with E-state index in [1.165, 1.54) is 0 Å². The highest BCUT2D eigenvalue weighted by Gasteiger charge is 2.12. The van der Waals surface area contributed by atoms with Gasteiger partial charge in [-0.25, -0.2) is 10.6 Å². The fraction of sp³-hybridized carbons (Fsp3) is 0.222. The summed E-state index contributed by atoms with van der Waals surface area (Å²) in [4.78, 5) is 10.8. The van der Waals surface area contributed by atoms with Crippen molar-refractivity contribution in [3.05, 3.63) is 34.9 Å². The molecule has 5 heteroatoms. The molecule has 0 bridgehead atoms. The van der Waals surface area contributed by atoms with E-state index in [4.69, 9.17) is 22.2 Å². The minimum Gasteiger partial charge on any atom is -0.441 e. The van der Waals surface area contributed by atoms with Crippen LogP contribution in [0.15, 0.2) is 24.3 Å². The number of carbonyl (C=O) groups is 1. The second-order valence-electron chi connectivity index (χ2n) is 2.71. The van der Waals surface area contributed by atoms with Crippen LogP contribution in [0.5, 0.6) is 0 Å². The Kier molecular flexibility index (Phi) is 3.73. The number of hydrogen-bond acceptors (Lipinski definition) is 3. The molecule has 4 nitrogen and oxygen atoms in total. The van der Waals surface area contributed by atoms with Crippen molar-refractivity contribution < 1.29 is 9.53 Å². The van der Waals surface area contributed by atoms with E-state index in [1.54, 1.807) is 19.1 Å². The Morgan fingerprint density at radius 1 is 1.57 bits per heavy atom. The third-order valence-corrected chi connectivity index (χ3v) is 2.09. The van der Waals surface area contributed by atoms with Gasteiger partial charge in [-0.3, -0.25) is 5.43 Å². The summed E-state index contributed by atoms with van der Waals surface area (Å²) >= 11 is 5.90. The van der Waals surface area contributed by atoms with Crippen LogP contribution in [-0.2, 0) is 4.74 Å². The summed E-state index contributed by atoms with van der Waals surface area (Å²) in [6.07, 6.45) is -1.11. The SMILES string of the molecule is CC(OC(=O)NN)c1ccccc1Cl. The van der Waals surface area contributed by atoms with Crippen LogP contribution in [0.1, 0.15) is 18.6 Å². The molecule has 1 aromatic carbocycles. The van der Waals surface area contributed by atoms with E-state index in [0.717, 1.165) is 5.56 Å². The maximum Gasteiger partial charge on any atom is 0.422 e. The van der Waals surface area contributed by atoms with Gasteiger partial charge in [0.05, 0.1) is 0 Å². The van der Waals surface area contributed by atoms with E-state index >= 15 is 0 Å². The monoisotopic (exact) mass is 214 g/mol. The quantitative estimate of drug-likeness (QED) is 0.450. The zero-order valence-electron chi connectivity index (χ0n) is 7.66. The third kappa shape index (κ3) is 2.61. The highest BCUT2D eigenvalue weighted by atomic mass is 35.5. The fourth-order valence-corrected chi connectivity index (χ4v) is 1.35. The average Bonchev–Trinajstić information content (AvgIpc) is 2.18. The first-order chi connectivity index (χ1) is 6.65. The van der Waals surface area contributed by atoms with Crippen molar-refractivity contribution in [2.45, 2.75) is 13.0 Å². The second kappa shape index (κ2) is 4.83. The fourth-order valence-electron chi connectivity index (χ4n) is 1.06. The maximum absolute atomic E-state index is 10.8. The number of nitrogens with one attached hydrogen (secondary N) is 1. The molecule has 1 atom stereocenters. The molecule has 0 aliphatic rings. The van der Waals surface area contributed by atoms with Gasteiger partial charge in [0.1, 0.15) is 6.10 Å². The van der Waals surface area contributed by atoms with E-state index in [1.807, 2.05) is 17.6 Å². The Bertz CT molecular complexity index is 330. The summed E-state index contributed by atoms with van der Waals surface area (Å²) in [5.41, 5.74) is 2.63. The Morgan fingerprint density at radius 2 is 2.21 bits per heavy atom. The minimum atomic E-state index is -0.683. The number of hydrogen-bond donors (Lipinski definition) is 2. The van der Waals surface area contributed by atoms with Crippen molar-refractivity contribution >= 4 is 17.7 Å². The lowest BCUT2D eigenvalue weighted by molar-refractivity contribution is 0.107. The average molecular weight is 215 g/mol. The van der Waals surface area contributed by atoms with E-state index in [-0.39, 0.29) is 0 Å². The molecule has 0 aliphatic heterocycles. The molecule has 0 aromatic heterocycles. The Hall–Kier alpha value is -1.26. The van der Waals surface area contributed by atoms with Crippen LogP contribution in [0.25, 0.3) is 0 Å². The van der Waals surface area contributed by atoms with Gasteiger partial charge in [0.15, 0.2) is 0 Å². The highest BCUT2D eigenvalue weighted by molar-refractivity contribution is 6.31. The van der Waals surface area contributed by atoms with Crippen LogP contribution >= 0.6 is 11.6 Å². The molecule has 1 aromatic rings. The molecular weight excluding hydrogens is 204 g/mol. The molecule has 0 heterocycles. The van der Waals surface area contributed by atoms with E-state index < -0.39 is 12.2 Å². The molecule has 1 amide bonds. The summed E-state index contributed by atoms with van der Waals surface area (Å²) in [6, 6.07) is 7.15. The molecular formula is C9H11ClN2O2. The Labute approximate surface area is 87.0 Å². The molecule has 0 radical (unpaired) electrons. The van der Waals surface area contributed by atoms with Crippen LogP contribution in [0, 0.1) is 0 Å². The maximum atomic E-state index is 10.8. The van der Waals surface area contributed by atoms with Crippen LogP contribution in [-0.4, -0.2) is 6.09 Å². The smallest absolute Gasteiger partial charge is 0.422 e. The van der Waals surface area contributed by atoms with Crippen LogP contribution < -0.4 is 11.3 Å². The van der Waals surface area contributed by atoms with Crippen molar-refractivity contribution in [1.29, 1.82) is 0 Å². The molecule has 0 saturated heterocycles. The number of halogens is 1. The summed E-state index contributed by atoms with van der Waals surface area (Å²) in [5, 5.41) is 0.560. The van der Waals surface area contributed by atoms with Crippen LogP contribution in [0.2, 0.25) is 5.02 Å². The molecule has 14 heavy (non-hydrogen) atoms. The molecule has 0 spiro atoms. The van der Waals surface area contributed by atoms with Crippen LogP contribution in [0.4, 0.5) is 4.79 Å². The minimum absolute atomic E-state index is 0.424. The standard InChI is InChI=1S/C9H11ClN2O2/c1-6(14-9(13)12-11)7-4-2-3-5-8(7)10/h2-6H,11H2,1H3,(H,12,13). The summed E-state index contributed by atoms with van der Waals surface area (Å²) in [6.45, 7) is 1.72. The molecule has 1 unspecified atom stereocenters. The lowest BCUT2D eigenvalue weighted by atomic mass is 10.1. The Balaban J connectivity index is 2.74. The van der Waals surface area contributed by atoms with Crippen molar-refractivity contribution in [3.63, 3.8) is 0 Å². The van der Waals surface area contributed by atoms with Gasteiger partial charge in [-0.15, -0.1) is 0 Å². The predicted octanol–water partition coefficient (Wildman–Crippen LogP) is 2.00. The summed E-state index contributed by atoms with van der Waals surface area (Å²) in [7, 11) is 0. The second-order valence-corrected chi connectivity index (χ2v) is 3.12. The van der Waals surface area contributed by atoms with E-state index in [2.05, 4.69) is 0 Å². The van der Waals surface area contributed by atoms with Gasteiger partial charge in [0, 0.05) is 10.6 Å². The Morgan fingerprint density at radius 3 is 2.79 bits per heavy atom. The number of benzene rings is 1. The number of amides is 1. The zero-order valence-corrected chi connectivity index (χ0v) is 8.41. The molecule has 0 aliphatic carbocycles. The predicted molar refractivity (Wildman–Crippen MR) is 53.7 cm³/mol. The van der Waals surface area contributed by atoms with Crippen molar-refractivity contribution in [2.75, 3.05) is 0 Å². The molecule has 0 fully saturated rings. The molecule has 3 N–H and O–H groups in total. The van der Waals surface area contributed by atoms with Gasteiger partial charge in [0.25, 0.3) is 0 Å². The van der Waals surface area contributed by atoms with Crippen molar-refractivity contribution in [1.82, 2.24) is 5.43 Å².